The van der Waals surface area contributed by atoms with Crippen molar-refractivity contribution in [2.75, 3.05) is 18.1 Å². The largest absolute Gasteiger partial charge is 0.494 e. The van der Waals surface area contributed by atoms with E-state index in [-0.39, 0.29) is 12.3 Å². The first-order valence-electron chi connectivity index (χ1n) is 10.2. The molecule has 30 heavy (non-hydrogen) atoms. The van der Waals surface area contributed by atoms with Crippen LogP contribution in [0.4, 0.5) is 5.69 Å². The van der Waals surface area contributed by atoms with Crippen LogP contribution >= 0.6 is 0 Å². The van der Waals surface area contributed by atoms with Gasteiger partial charge in [-0.1, -0.05) is 30.3 Å². The summed E-state index contributed by atoms with van der Waals surface area (Å²) in [5.74, 6) is 0.664. The molecule has 0 saturated carbocycles. The van der Waals surface area contributed by atoms with E-state index >= 15 is 0 Å². The normalized spacial score (nSPS) is 10.5. The van der Waals surface area contributed by atoms with Gasteiger partial charge in [-0.3, -0.25) is 4.79 Å². The number of hydrogen-bond acceptors (Lipinski definition) is 3. The second-order valence-electron chi connectivity index (χ2n) is 7.15. The molecule has 1 heterocycles. The summed E-state index contributed by atoms with van der Waals surface area (Å²) in [6.07, 6.45) is 0.266. The predicted octanol–water partition coefficient (Wildman–Crippen LogP) is 5.11. The van der Waals surface area contributed by atoms with Gasteiger partial charge in [-0.15, -0.1) is 0 Å². The zero-order chi connectivity index (χ0) is 21.5. The number of anilines is 1. The SMILES string of the molecule is CCOc1ccc(N(CCC#N)C(=O)c2cc(C)n(Cc3ccccc3)c2C)cc1. The number of nitriles is 1. The molecule has 0 aliphatic rings. The first-order valence-corrected chi connectivity index (χ1v) is 10.2. The predicted molar refractivity (Wildman–Crippen MR) is 119 cm³/mol. The molecule has 2 aromatic carbocycles. The highest BCUT2D eigenvalue weighted by atomic mass is 16.5. The van der Waals surface area contributed by atoms with E-state index in [1.54, 1.807) is 4.90 Å². The monoisotopic (exact) mass is 401 g/mol. The fourth-order valence-corrected chi connectivity index (χ4v) is 3.57. The quantitative estimate of drug-likeness (QED) is 0.527. The van der Waals surface area contributed by atoms with Crippen LogP contribution in [-0.2, 0) is 6.54 Å². The highest BCUT2D eigenvalue weighted by Crippen LogP contribution is 2.25. The van der Waals surface area contributed by atoms with E-state index in [0.717, 1.165) is 22.8 Å². The lowest BCUT2D eigenvalue weighted by Gasteiger charge is -2.22. The van der Waals surface area contributed by atoms with Gasteiger partial charge >= 0.3 is 0 Å². The Balaban J connectivity index is 1.91. The van der Waals surface area contributed by atoms with Crippen molar-refractivity contribution in [3.8, 4) is 11.8 Å². The van der Waals surface area contributed by atoms with Gasteiger partial charge in [-0.2, -0.15) is 5.26 Å². The van der Waals surface area contributed by atoms with E-state index in [0.29, 0.717) is 25.3 Å². The summed E-state index contributed by atoms with van der Waals surface area (Å²) in [6.45, 7) is 7.57. The number of aromatic nitrogens is 1. The molecule has 0 spiro atoms. The van der Waals surface area contributed by atoms with Crippen molar-refractivity contribution in [1.29, 1.82) is 5.26 Å². The van der Waals surface area contributed by atoms with Crippen LogP contribution in [0.2, 0.25) is 0 Å². The third-order valence-electron chi connectivity index (χ3n) is 5.14. The van der Waals surface area contributed by atoms with E-state index in [2.05, 4.69) is 22.8 Å². The Morgan fingerprint density at radius 2 is 1.80 bits per heavy atom. The molecule has 1 aromatic heterocycles. The van der Waals surface area contributed by atoms with E-state index < -0.39 is 0 Å². The lowest BCUT2D eigenvalue weighted by molar-refractivity contribution is 0.0986. The minimum atomic E-state index is -0.0955. The van der Waals surface area contributed by atoms with Gasteiger partial charge in [0.15, 0.2) is 0 Å². The van der Waals surface area contributed by atoms with E-state index in [1.165, 1.54) is 5.56 Å². The van der Waals surface area contributed by atoms with Crippen molar-refractivity contribution < 1.29 is 9.53 Å². The van der Waals surface area contributed by atoms with Crippen molar-refractivity contribution in [2.24, 2.45) is 0 Å². The topological polar surface area (TPSA) is 58.3 Å². The Bertz CT molecular complexity index is 1030. The second-order valence-corrected chi connectivity index (χ2v) is 7.15. The molecule has 0 N–H and O–H groups in total. The lowest BCUT2D eigenvalue weighted by Crippen LogP contribution is -2.32. The van der Waals surface area contributed by atoms with Gasteiger partial charge in [0.1, 0.15) is 5.75 Å². The summed E-state index contributed by atoms with van der Waals surface area (Å²) in [6, 6.07) is 21.7. The molecule has 154 valence electrons. The Hall–Kier alpha value is -3.52. The minimum absolute atomic E-state index is 0.0955. The number of amides is 1. The molecule has 0 aliphatic carbocycles. The molecule has 0 unspecified atom stereocenters. The minimum Gasteiger partial charge on any atom is -0.494 e. The Morgan fingerprint density at radius 1 is 1.10 bits per heavy atom. The van der Waals surface area contributed by atoms with Crippen LogP contribution in [-0.4, -0.2) is 23.6 Å². The molecule has 3 rings (SSSR count). The van der Waals surface area contributed by atoms with Gasteiger partial charge in [-0.25, -0.2) is 0 Å². The molecule has 0 radical (unpaired) electrons. The maximum atomic E-state index is 13.5. The van der Waals surface area contributed by atoms with Crippen LogP contribution in [0.25, 0.3) is 0 Å². The molecule has 5 nitrogen and oxygen atoms in total. The van der Waals surface area contributed by atoms with Gasteiger partial charge in [0.2, 0.25) is 0 Å². The van der Waals surface area contributed by atoms with Crippen molar-refractivity contribution in [3.63, 3.8) is 0 Å². The number of aryl methyl sites for hydroxylation is 1. The molecular weight excluding hydrogens is 374 g/mol. The third-order valence-corrected chi connectivity index (χ3v) is 5.14. The van der Waals surface area contributed by atoms with Gasteiger partial charge in [0.25, 0.3) is 5.91 Å². The lowest BCUT2D eigenvalue weighted by atomic mass is 10.1. The molecule has 1 amide bonds. The summed E-state index contributed by atoms with van der Waals surface area (Å²) < 4.78 is 7.66. The van der Waals surface area contributed by atoms with Gasteiger partial charge < -0.3 is 14.2 Å². The molecule has 0 atom stereocenters. The number of carbonyl (C=O) groups excluding carboxylic acids is 1. The number of nitrogens with zero attached hydrogens (tertiary/aromatic N) is 3. The van der Waals surface area contributed by atoms with E-state index in [4.69, 9.17) is 10.00 Å². The van der Waals surface area contributed by atoms with Gasteiger partial charge in [-0.05, 0) is 56.7 Å². The summed E-state index contributed by atoms with van der Waals surface area (Å²) >= 11 is 0. The maximum absolute atomic E-state index is 13.5. The Kier molecular flexibility index (Phi) is 6.92. The second kappa shape index (κ2) is 9.80. The highest BCUT2D eigenvalue weighted by Gasteiger charge is 2.22. The molecule has 3 aromatic rings. The zero-order valence-electron chi connectivity index (χ0n) is 17.8. The third kappa shape index (κ3) is 4.72. The number of benzene rings is 2. The fourth-order valence-electron chi connectivity index (χ4n) is 3.57. The number of ether oxygens (including phenoxy) is 1. The van der Waals surface area contributed by atoms with Crippen molar-refractivity contribution in [3.05, 3.63) is 83.2 Å². The summed E-state index contributed by atoms with van der Waals surface area (Å²) in [4.78, 5) is 15.1. The van der Waals surface area contributed by atoms with Crippen LogP contribution in [0.1, 0.15) is 40.7 Å². The van der Waals surface area contributed by atoms with Crippen LogP contribution < -0.4 is 9.64 Å². The number of carbonyl (C=O) groups is 1. The van der Waals surface area contributed by atoms with Crippen molar-refractivity contribution >= 4 is 11.6 Å². The van der Waals surface area contributed by atoms with Gasteiger partial charge in [0.05, 0.1) is 24.7 Å². The zero-order valence-corrected chi connectivity index (χ0v) is 17.8. The molecule has 5 heteroatoms. The van der Waals surface area contributed by atoms with Crippen molar-refractivity contribution in [1.82, 2.24) is 4.57 Å². The van der Waals surface area contributed by atoms with E-state index in [9.17, 15) is 4.79 Å². The molecule has 0 aliphatic heterocycles. The van der Waals surface area contributed by atoms with Crippen molar-refractivity contribution in [2.45, 2.75) is 33.7 Å². The highest BCUT2D eigenvalue weighted by molar-refractivity contribution is 6.07. The standard InChI is InChI=1S/C25H27N3O2/c1-4-30-23-13-11-22(12-14-23)27(16-8-15-26)25(29)24-17-19(2)28(20(24)3)18-21-9-6-5-7-10-21/h5-7,9-14,17H,4,8,16,18H2,1-3H3. The number of rotatable bonds is 8. The molecule has 0 bridgehead atoms. The summed E-state index contributed by atoms with van der Waals surface area (Å²) in [7, 11) is 0. The van der Waals surface area contributed by atoms with Gasteiger partial charge in [0, 0.05) is 30.2 Å². The first kappa shape index (κ1) is 21.2. The Morgan fingerprint density at radius 3 is 2.43 bits per heavy atom. The fraction of sp³-hybridized carbons (Fsp3) is 0.280. The maximum Gasteiger partial charge on any atom is 0.260 e. The molecule has 0 fully saturated rings. The summed E-state index contributed by atoms with van der Waals surface area (Å²) in [5.41, 5.74) is 4.56. The average Bonchev–Trinajstić information content (AvgIpc) is 3.04. The van der Waals surface area contributed by atoms with Crippen LogP contribution in [0.3, 0.4) is 0 Å². The number of hydrogen-bond donors (Lipinski definition) is 0. The van der Waals surface area contributed by atoms with Crippen LogP contribution in [0, 0.1) is 25.2 Å². The van der Waals surface area contributed by atoms with Crippen LogP contribution in [0.15, 0.2) is 60.7 Å². The summed E-state index contributed by atoms with van der Waals surface area (Å²) in [5, 5.41) is 9.08. The van der Waals surface area contributed by atoms with Crippen LogP contribution in [0.5, 0.6) is 5.75 Å². The first-order chi connectivity index (χ1) is 14.5. The molecule has 0 saturated heterocycles. The smallest absolute Gasteiger partial charge is 0.260 e. The average molecular weight is 402 g/mol. The Labute approximate surface area is 178 Å². The molecular formula is C25H27N3O2. The van der Waals surface area contributed by atoms with E-state index in [1.807, 2.05) is 69.3 Å².